The van der Waals surface area contributed by atoms with Gasteiger partial charge in [0.2, 0.25) is 0 Å². The molecular weight excluding hydrogens is 281 g/mol. The van der Waals surface area contributed by atoms with Gasteiger partial charge < -0.3 is 4.90 Å². The van der Waals surface area contributed by atoms with Gasteiger partial charge in [0.1, 0.15) is 0 Å². The minimum atomic E-state index is -4.18. The molecule has 1 amide bonds. The molecule has 1 aromatic rings. The van der Waals surface area contributed by atoms with Crippen LogP contribution in [0.25, 0.3) is 0 Å². The molecule has 116 valence electrons. The molecule has 0 unspecified atom stereocenters. The number of amides is 1. The Labute approximate surface area is 122 Å². The monoisotopic (exact) mass is 300 g/mol. The summed E-state index contributed by atoms with van der Waals surface area (Å²) in [4.78, 5) is 15.4. The third-order valence-corrected chi connectivity index (χ3v) is 3.90. The number of nitrogens with zero attached hydrogens (tertiary/aromatic N) is 2. The molecule has 1 aliphatic heterocycles. The Hall–Kier alpha value is -1.56. The van der Waals surface area contributed by atoms with Crippen molar-refractivity contribution in [3.05, 3.63) is 34.9 Å². The molecule has 0 bridgehead atoms. The van der Waals surface area contributed by atoms with E-state index in [2.05, 4.69) is 0 Å². The molecule has 0 saturated carbocycles. The zero-order chi connectivity index (χ0) is 15.6. The fourth-order valence-corrected chi connectivity index (χ4v) is 2.52. The fraction of sp³-hybridized carbons (Fsp3) is 0.533. The summed E-state index contributed by atoms with van der Waals surface area (Å²) < 4.78 is 37.0. The van der Waals surface area contributed by atoms with E-state index in [1.165, 1.54) is 4.90 Å². The molecule has 0 N–H and O–H groups in total. The fourth-order valence-electron chi connectivity index (χ4n) is 2.52. The first-order valence-electron chi connectivity index (χ1n) is 6.92. The average molecular weight is 300 g/mol. The van der Waals surface area contributed by atoms with E-state index in [0.29, 0.717) is 18.7 Å². The Balaban J connectivity index is 1.99. The first kappa shape index (κ1) is 15.8. The molecule has 0 radical (unpaired) electrons. The number of carbonyl (C=O) groups is 1. The van der Waals surface area contributed by atoms with Gasteiger partial charge in [-0.2, -0.15) is 13.2 Å². The molecule has 0 atom stereocenters. The number of piperazine rings is 1. The van der Waals surface area contributed by atoms with Gasteiger partial charge >= 0.3 is 6.18 Å². The number of halogens is 3. The summed E-state index contributed by atoms with van der Waals surface area (Å²) in [6.07, 6.45) is -4.18. The van der Waals surface area contributed by atoms with Crippen molar-refractivity contribution in [1.29, 1.82) is 0 Å². The Morgan fingerprint density at radius 2 is 1.76 bits per heavy atom. The lowest BCUT2D eigenvalue weighted by molar-refractivity contribution is -0.148. The predicted octanol–water partition coefficient (Wildman–Crippen LogP) is 2.62. The molecule has 0 spiro atoms. The topological polar surface area (TPSA) is 23.6 Å². The lowest BCUT2D eigenvalue weighted by Crippen LogP contribution is -2.51. The third-order valence-electron chi connectivity index (χ3n) is 3.90. The molecule has 1 heterocycles. The third kappa shape index (κ3) is 3.97. The molecule has 1 aliphatic rings. The minimum Gasteiger partial charge on any atom is -0.336 e. The second kappa shape index (κ2) is 6.05. The van der Waals surface area contributed by atoms with E-state index >= 15 is 0 Å². The zero-order valence-corrected chi connectivity index (χ0v) is 12.2. The van der Waals surface area contributed by atoms with E-state index in [0.717, 1.165) is 11.1 Å². The second-order valence-corrected chi connectivity index (χ2v) is 5.43. The van der Waals surface area contributed by atoms with Crippen LogP contribution >= 0.6 is 0 Å². The lowest BCUT2D eigenvalue weighted by Gasteiger charge is -2.35. The molecule has 0 aromatic heterocycles. The standard InChI is InChI=1S/C15H19F3N2O/c1-11-4-3-5-13(12(11)2)14(21)20-8-6-19(7-9-20)10-15(16,17)18/h3-5H,6-10H2,1-2H3. The van der Waals surface area contributed by atoms with Crippen molar-refractivity contribution in [3.63, 3.8) is 0 Å². The number of benzene rings is 1. The first-order valence-corrected chi connectivity index (χ1v) is 6.92. The van der Waals surface area contributed by atoms with E-state index in [9.17, 15) is 18.0 Å². The van der Waals surface area contributed by atoms with Gasteiger partial charge in [0.05, 0.1) is 6.54 Å². The van der Waals surface area contributed by atoms with Crippen molar-refractivity contribution in [3.8, 4) is 0 Å². The van der Waals surface area contributed by atoms with Crippen LogP contribution in [0, 0.1) is 13.8 Å². The highest BCUT2D eigenvalue weighted by molar-refractivity contribution is 5.96. The maximum atomic E-state index is 12.4. The number of rotatable bonds is 2. The number of hydrogen-bond donors (Lipinski definition) is 0. The van der Waals surface area contributed by atoms with Crippen LogP contribution in [0.5, 0.6) is 0 Å². The van der Waals surface area contributed by atoms with E-state index in [-0.39, 0.29) is 19.0 Å². The number of hydrogen-bond acceptors (Lipinski definition) is 2. The summed E-state index contributed by atoms with van der Waals surface area (Å²) in [5.74, 6) is -0.0946. The van der Waals surface area contributed by atoms with Gasteiger partial charge in [-0.3, -0.25) is 9.69 Å². The molecule has 1 fully saturated rings. The maximum absolute atomic E-state index is 12.4. The van der Waals surface area contributed by atoms with Crippen LogP contribution in [0.15, 0.2) is 18.2 Å². The summed E-state index contributed by atoms with van der Waals surface area (Å²) in [5, 5.41) is 0. The number of carbonyl (C=O) groups excluding carboxylic acids is 1. The molecule has 21 heavy (non-hydrogen) atoms. The SMILES string of the molecule is Cc1cccc(C(=O)N2CCN(CC(F)(F)F)CC2)c1C. The average Bonchev–Trinajstić information content (AvgIpc) is 2.40. The van der Waals surface area contributed by atoms with Crippen molar-refractivity contribution in [2.24, 2.45) is 0 Å². The van der Waals surface area contributed by atoms with Crippen LogP contribution in [-0.2, 0) is 0 Å². The normalized spacial score (nSPS) is 17.1. The highest BCUT2D eigenvalue weighted by Gasteiger charge is 2.33. The van der Waals surface area contributed by atoms with Crippen LogP contribution in [0.2, 0.25) is 0 Å². The molecule has 6 heteroatoms. The van der Waals surface area contributed by atoms with Crippen LogP contribution in [0.3, 0.4) is 0 Å². The second-order valence-electron chi connectivity index (χ2n) is 5.43. The van der Waals surface area contributed by atoms with E-state index in [4.69, 9.17) is 0 Å². The Kier molecular flexibility index (Phi) is 4.56. The Morgan fingerprint density at radius 3 is 2.33 bits per heavy atom. The molecule has 3 nitrogen and oxygen atoms in total. The zero-order valence-electron chi connectivity index (χ0n) is 12.2. The van der Waals surface area contributed by atoms with Crippen molar-refractivity contribution in [2.45, 2.75) is 20.0 Å². The lowest BCUT2D eigenvalue weighted by atomic mass is 10.0. The quantitative estimate of drug-likeness (QED) is 0.838. The highest BCUT2D eigenvalue weighted by Crippen LogP contribution is 2.19. The molecule has 1 aromatic carbocycles. The van der Waals surface area contributed by atoms with Gasteiger partial charge in [-0.15, -0.1) is 0 Å². The van der Waals surface area contributed by atoms with Gasteiger partial charge in [-0.1, -0.05) is 12.1 Å². The summed E-state index contributed by atoms with van der Waals surface area (Å²) in [7, 11) is 0. The van der Waals surface area contributed by atoms with Gasteiger partial charge in [-0.05, 0) is 31.0 Å². The largest absolute Gasteiger partial charge is 0.401 e. The molecule has 0 aliphatic carbocycles. The van der Waals surface area contributed by atoms with Crippen molar-refractivity contribution in [2.75, 3.05) is 32.7 Å². The minimum absolute atomic E-state index is 0.0946. The Bertz CT molecular complexity index is 520. The van der Waals surface area contributed by atoms with Crippen LogP contribution in [0.1, 0.15) is 21.5 Å². The van der Waals surface area contributed by atoms with E-state index < -0.39 is 12.7 Å². The van der Waals surface area contributed by atoms with Crippen molar-refractivity contribution in [1.82, 2.24) is 9.80 Å². The first-order chi connectivity index (χ1) is 9.78. The van der Waals surface area contributed by atoms with Crippen LogP contribution in [-0.4, -0.2) is 54.6 Å². The van der Waals surface area contributed by atoms with E-state index in [1.54, 1.807) is 11.0 Å². The number of aryl methyl sites for hydroxylation is 1. The van der Waals surface area contributed by atoms with E-state index in [1.807, 2.05) is 26.0 Å². The predicted molar refractivity (Wildman–Crippen MR) is 74.3 cm³/mol. The summed E-state index contributed by atoms with van der Waals surface area (Å²) >= 11 is 0. The summed E-state index contributed by atoms with van der Waals surface area (Å²) in [5.41, 5.74) is 2.61. The van der Waals surface area contributed by atoms with Gasteiger partial charge in [0, 0.05) is 31.7 Å². The smallest absolute Gasteiger partial charge is 0.336 e. The summed E-state index contributed by atoms with van der Waals surface area (Å²) in [6, 6.07) is 5.54. The molecule has 1 saturated heterocycles. The van der Waals surface area contributed by atoms with Gasteiger partial charge in [0.25, 0.3) is 5.91 Å². The maximum Gasteiger partial charge on any atom is 0.401 e. The van der Waals surface area contributed by atoms with Crippen LogP contribution in [0.4, 0.5) is 13.2 Å². The molecular formula is C15H19F3N2O. The molecule has 2 rings (SSSR count). The Morgan fingerprint density at radius 1 is 1.14 bits per heavy atom. The van der Waals surface area contributed by atoms with Crippen LogP contribution < -0.4 is 0 Å². The van der Waals surface area contributed by atoms with Crippen molar-refractivity contribution >= 4 is 5.91 Å². The van der Waals surface area contributed by atoms with Crippen molar-refractivity contribution < 1.29 is 18.0 Å². The number of alkyl halides is 3. The van der Waals surface area contributed by atoms with Gasteiger partial charge in [-0.25, -0.2) is 0 Å². The van der Waals surface area contributed by atoms with Gasteiger partial charge in [0.15, 0.2) is 0 Å². The highest BCUT2D eigenvalue weighted by atomic mass is 19.4. The summed E-state index contributed by atoms with van der Waals surface area (Å²) in [6.45, 7) is 4.12.